The first-order chi connectivity index (χ1) is 8.86. The third-order valence-corrected chi connectivity index (χ3v) is 2.77. The van der Waals surface area contributed by atoms with Gasteiger partial charge in [-0.05, 0) is 11.6 Å². The van der Waals surface area contributed by atoms with Crippen molar-refractivity contribution in [3.8, 4) is 0 Å². The lowest BCUT2D eigenvalue weighted by Gasteiger charge is -2.23. The van der Waals surface area contributed by atoms with Gasteiger partial charge >= 0.3 is 6.18 Å². The Hall–Kier alpha value is -2.05. The van der Waals surface area contributed by atoms with Crippen LogP contribution in [0.3, 0.4) is 0 Å². The molecule has 1 aliphatic rings. The molecule has 2 rings (SSSR count). The summed E-state index contributed by atoms with van der Waals surface area (Å²) < 4.78 is 37.6. The van der Waals surface area contributed by atoms with Gasteiger partial charge in [0, 0.05) is 6.42 Å². The van der Waals surface area contributed by atoms with Gasteiger partial charge in [0.1, 0.15) is 6.04 Å². The zero-order valence-corrected chi connectivity index (χ0v) is 9.75. The molecule has 0 spiro atoms. The van der Waals surface area contributed by atoms with Gasteiger partial charge < -0.3 is 10.6 Å². The fraction of sp³-hybridized carbons (Fsp3) is 0.333. The van der Waals surface area contributed by atoms with E-state index in [9.17, 15) is 22.8 Å². The number of rotatable bonds is 2. The molecule has 1 aromatic carbocycles. The van der Waals surface area contributed by atoms with Crippen LogP contribution in [0.1, 0.15) is 11.1 Å². The van der Waals surface area contributed by atoms with E-state index in [0.29, 0.717) is 5.56 Å². The first-order valence-electron chi connectivity index (χ1n) is 5.59. The highest BCUT2D eigenvalue weighted by Gasteiger charge is 2.31. The second-order valence-corrected chi connectivity index (χ2v) is 4.24. The minimum absolute atomic E-state index is 0.0293. The van der Waals surface area contributed by atoms with Gasteiger partial charge in [0.2, 0.25) is 11.8 Å². The molecule has 19 heavy (non-hydrogen) atoms. The summed E-state index contributed by atoms with van der Waals surface area (Å²) in [5.74, 6) is -0.742. The van der Waals surface area contributed by atoms with Gasteiger partial charge in [-0.2, -0.15) is 13.2 Å². The number of carbonyl (C=O) groups is 2. The molecular formula is C12H11F3N2O2. The van der Waals surface area contributed by atoms with Gasteiger partial charge in [-0.15, -0.1) is 0 Å². The third kappa shape index (κ3) is 3.24. The highest BCUT2D eigenvalue weighted by atomic mass is 19.4. The van der Waals surface area contributed by atoms with Gasteiger partial charge in [0.25, 0.3) is 0 Å². The first kappa shape index (κ1) is 13.4. The molecule has 1 heterocycles. The van der Waals surface area contributed by atoms with Crippen molar-refractivity contribution in [2.24, 2.45) is 0 Å². The number of alkyl halides is 3. The van der Waals surface area contributed by atoms with Crippen LogP contribution in [0.25, 0.3) is 0 Å². The number of amides is 2. The van der Waals surface area contributed by atoms with Crippen molar-refractivity contribution >= 4 is 11.8 Å². The lowest BCUT2D eigenvalue weighted by Crippen LogP contribution is -2.56. The molecule has 1 fully saturated rings. The predicted octanol–water partition coefficient (Wildman–Crippen LogP) is 0.862. The van der Waals surface area contributed by atoms with E-state index in [0.717, 1.165) is 12.1 Å². The fourth-order valence-corrected chi connectivity index (χ4v) is 1.86. The Bertz CT molecular complexity index is 514. The van der Waals surface area contributed by atoms with Crippen molar-refractivity contribution in [1.82, 2.24) is 10.6 Å². The van der Waals surface area contributed by atoms with E-state index in [1.54, 1.807) is 0 Å². The Balaban J connectivity index is 2.15. The molecular weight excluding hydrogens is 261 g/mol. The van der Waals surface area contributed by atoms with Crippen LogP contribution in [0.5, 0.6) is 0 Å². The van der Waals surface area contributed by atoms with Crippen LogP contribution in [0.4, 0.5) is 13.2 Å². The van der Waals surface area contributed by atoms with Gasteiger partial charge in [0.15, 0.2) is 0 Å². The third-order valence-electron chi connectivity index (χ3n) is 2.77. The number of halogens is 3. The summed E-state index contributed by atoms with van der Waals surface area (Å²) in [5, 5.41) is 4.81. The van der Waals surface area contributed by atoms with Crippen LogP contribution in [0, 0.1) is 0 Å². The van der Waals surface area contributed by atoms with Crippen molar-refractivity contribution in [2.45, 2.75) is 18.6 Å². The zero-order valence-electron chi connectivity index (χ0n) is 9.75. The molecule has 1 atom stereocenters. The molecule has 2 N–H and O–H groups in total. The molecule has 2 amide bonds. The summed E-state index contributed by atoms with van der Waals surface area (Å²) in [6.07, 6.45) is -4.39. The molecule has 1 saturated heterocycles. The van der Waals surface area contributed by atoms with Crippen molar-refractivity contribution in [2.75, 3.05) is 6.54 Å². The molecule has 1 aromatic rings. The van der Waals surface area contributed by atoms with E-state index in [4.69, 9.17) is 0 Å². The highest BCUT2D eigenvalue weighted by molar-refractivity contribution is 5.94. The van der Waals surface area contributed by atoms with E-state index < -0.39 is 23.7 Å². The summed E-state index contributed by atoms with van der Waals surface area (Å²) in [4.78, 5) is 22.6. The predicted molar refractivity (Wildman–Crippen MR) is 60.1 cm³/mol. The zero-order chi connectivity index (χ0) is 14.0. The largest absolute Gasteiger partial charge is 0.416 e. The number of benzene rings is 1. The average molecular weight is 272 g/mol. The lowest BCUT2D eigenvalue weighted by molar-refractivity contribution is -0.137. The van der Waals surface area contributed by atoms with Crippen molar-refractivity contribution in [1.29, 1.82) is 0 Å². The van der Waals surface area contributed by atoms with Crippen LogP contribution in [-0.2, 0) is 22.2 Å². The standard InChI is InChI=1S/C12H11F3N2O2/c13-12(14,15)8-3-1-2-7(4-8)5-9-11(19)16-6-10(18)17-9/h1-4,9H,5-6H2,(H,16,19)(H,17,18)/t9-/m0/s1. The number of hydrogen-bond acceptors (Lipinski definition) is 2. The number of piperazine rings is 1. The van der Waals surface area contributed by atoms with E-state index in [1.165, 1.54) is 12.1 Å². The maximum absolute atomic E-state index is 12.5. The Labute approximate surface area is 107 Å². The molecule has 7 heteroatoms. The molecule has 1 aliphatic heterocycles. The van der Waals surface area contributed by atoms with Gasteiger partial charge in [-0.3, -0.25) is 9.59 Å². The fourth-order valence-electron chi connectivity index (χ4n) is 1.86. The van der Waals surface area contributed by atoms with E-state index in [2.05, 4.69) is 10.6 Å². The van der Waals surface area contributed by atoms with E-state index >= 15 is 0 Å². The van der Waals surface area contributed by atoms with Gasteiger partial charge in [0.05, 0.1) is 12.1 Å². The van der Waals surface area contributed by atoms with Crippen molar-refractivity contribution < 1.29 is 22.8 Å². The molecule has 0 aromatic heterocycles. The smallest absolute Gasteiger partial charge is 0.345 e. The monoisotopic (exact) mass is 272 g/mol. The van der Waals surface area contributed by atoms with Crippen molar-refractivity contribution in [3.63, 3.8) is 0 Å². The SMILES string of the molecule is O=C1CNC(=O)[C@H](Cc2cccc(C(F)(F)F)c2)N1. The molecule has 0 unspecified atom stereocenters. The molecule has 0 bridgehead atoms. The Kier molecular flexibility index (Phi) is 3.46. The second kappa shape index (κ2) is 4.91. The summed E-state index contributed by atoms with van der Waals surface area (Å²) >= 11 is 0. The lowest BCUT2D eigenvalue weighted by atomic mass is 10.0. The molecule has 0 aliphatic carbocycles. The molecule has 0 radical (unpaired) electrons. The van der Waals surface area contributed by atoms with Crippen LogP contribution in [0.2, 0.25) is 0 Å². The Morgan fingerprint density at radius 3 is 2.68 bits per heavy atom. The normalized spacial score (nSPS) is 19.8. The van der Waals surface area contributed by atoms with Gasteiger partial charge in [-0.1, -0.05) is 18.2 Å². The molecule has 0 saturated carbocycles. The number of nitrogens with one attached hydrogen (secondary N) is 2. The summed E-state index contributed by atoms with van der Waals surface area (Å²) in [6.45, 7) is -0.0993. The summed E-state index contributed by atoms with van der Waals surface area (Å²) in [6, 6.07) is 3.88. The Morgan fingerprint density at radius 1 is 1.26 bits per heavy atom. The first-order valence-corrected chi connectivity index (χ1v) is 5.59. The van der Waals surface area contributed by atoms with Crippen LogP contribution in [-0.4, -0.2) is 24.4 Å². The minimum atomic E-state index is -4.42. The Morgan fingerprint density at radius 2 is 2.00 bits per heavy atom. The number of hydrogen-bond donors (Lipinski definition) is 2. The van der Waals surface area contributed by atoms with E-state index in [1.807, 2.05) is 0 Å². The highest BCUT2D eigenvalue weighted by Crippen LogP contribution is 2.29. The van der Waals surface area contributed by atoms with Crippen LogP contribution >= 0.6 is 0 Å². The van der Waals surface area contributed by atoms with Gasteiger partial charge in [-0.25, -0.2) is 0 Å². The maximum Gasteiger partial charge on any atom is 0.416 e. The summed E-state index contributed by atoms with van der Waals surface area (Å²) in [5.41, 5.74) is -0.426. The van der Waals surface area contributed by atoms with Crippen LogP contribution < -0.4 is 10.6 Å². The van der Waals surface area contributed by atoms with Crippen molar-refractivity contribution in [3.05, 3.63) is 35.4 Å². The topological polar surface area (TPSA) is 58.2 Å². The molecule has 102 valence electrons. The minimum Gasteiger partial charge on any atom is -0.345 e. The second-order valence-electron chi connectivity index (χ2n) is 4.24. The quantitative estimate of drug-likeness (QED) is 0.839. The van der Waals surface area contributed by atoms with E-state index in [-0.39, 0.29) is 18.9 Å². The maximum atomic E-state index is 12.5. The molecule has 4 nitrogen and oxygen atoms in total. The summed E-state index contributed by atoms with van der Waals surface area (Å²) in [7, 11) is 0. The van der Waals surface area contributed by atoms with Crippen LogP contribution in [0.15, 0.2) is 24.3 Å². The average Bonchev–Trinajstić information content (AvgIpc) is 2.33. The number of carbonyl (C=O) groups excluding carboxylic acids is 2.